The van der Waals surface area contributed by atoms with Crippen molar-refractivity contribution in [3.8, 4) is 0 Å². The highest BCUT2D eigenvalue weighted by Crippen LogP contribution is 2.19. The van der Waals surface area contributed by atoms with Crippen molar-refractivity contribution in [2.75, 3.05) is 20.2 Å². The van der Waals surface area contributed by atoms with Crippen LogP contribution in [0.5, 0.6) is 0 Å². The highest BCUT2D eigenvalue weighted by molar-refractivity contribution is 5.85. The molecule has 0 aliphatic heterocycles. The van der Waals surface area contributed by atoms with Gasteiger partial charge in [0, 0.05) is 13.1 Å². The Morgan fingerprint density at radius 3 is 2.57 bits per heavy atom. The lowest BCUT2D eigenvalue weighted by Crippen LogP contribution is -2.32. The van der Waals surface area contributed by atoms with Gasteiger partial charge in [-0.05, 0) is 37.2 Å². The number of aliphatic hydroxyl groups excluding tert-OH is 1. The molecule has 0 aliphatic carbocycles. The van der Waals surface area contributed by atoms with Gasteiger partial charge in [0.2, 0.25) is 0 Å². The predicted molar refractivity (Wildman–Crippen MR) is 87.4 cm³/mol. The first-order valence-electron chi connectivity index (χ1n) is 7.51. The van der Waals surface area contributed by atoms with Crippen molar-refractivity contribution in [3.05, 3.63) is 48.0 Å². The summed E-state index contributed by atoms with van der Waals surface area (Å²) in [5.41, 5.74) is 1.28. The van der Waals surface area contributed by atoms with E-state index in [1.54, 1.807) is 0 Å². The van der Waals surface area contributed by atoms with Gasteiger partial charge in [-0.3, -0.25) is 4.90 Å². The van der Waals surface area contributed by atoms with Gasteiger partial charge in [-0.15, -0.1) is 0 Å². The van der Waals surface area contributed by atoms with Crippen molar-refractivity contribution in [2.45, 2.75) is 32.6 Å². The third kappa shape index (κ3) is 4.81. The molecule has 0 aliphatic rings. The molecule has 0 aromatic heterocycles. The zero-order chi connectivity index (χ0) is 15.2. The Labute approximate surface area is 127 Å². The first-order valence-corrected chi connectivity index (χ1v) is 7.51. The van der Waals surface area contributed by atoms with Crippen LogP contribution in [0.2, 0.25) is 0 Å². The van der Waals surface area contributed by atoms with Gasteiger partial charge in [-0.2, -0.15) is 0 Å². The van der Waals surface area contributed by atoms with Crippen LogP contribution in [0.25, 0.3) is 10.8 Å². The molecule has 1 unspecified atom stereocenters. The van der Waals surface area contributed by atoms with Crippen LogP contribution >= 0.6 is 0 Å². The third-order valence-corrected chi connectivity index (χ3v) is 3.46. The minimum Gasteiger partial charge on any atom is -0.389 e. The Balaban J connectivity index is 1.96. The van der Waals surface area contributed by atoms with E-state index in [0.29, 0.717) is 13.2 Å². The largest absolute Gasteiger partial charge is 0.389 e. The molecular formula is C18H25NO2. The van der Waals surface area contributed by atoms with Gasteiger partial charge in [0.05, 0.1) is 18.8 Å². The lowest BCUT2D eigenvalue weighted by Gasteiger charge is -2.22. The Morgan fingerprint density at radius 2 is 1.81 bits per heavy atom. The number of hydrogen-bond donors (Lipinski definition) is 1. The summed E-state index contributed by atoms with van der Waals surface area (Å²) in [5.74, 6) is 0. The molecule has 2 aromatic rings. The van der Waals surface area contributed by atoms with E-state index in [4.69, 9.17) is 4.74 Å². The molecule has 3 heteroatoms. The number of likely N-dealkylation sites (N-methyl/N-ethyl adjacent to an activating group) is 1. The molecule has 114 valence electrons. The van der Waals surface area contributed by atoms with Crippen LogP contribution < -0.4 is 0 Å². The third-order valence-electron chi connectivity index (χ3n) is 3.46. The van der Waals surface area contributed by atoms with E-state index in [1.807, 2.05) is 20.9 Å². The predicted octanol–water partition coefficient (Wildman–Crippen LogP) is 3.06. The van der Waals surface area contributed by atoms with Crippen molar-refractivity contribution in [2.24, 2.45) is 0 Å². The van der Waals surface area contributed by atoms with E-state index < -0.39 is 6.10 Å². The Kier molecular flexibility index (Phi) is 5.74. The molecule has 0 radical (unpaired) electrons. The topological polar surface area (TPSA) is 32.7 Å². The molecule has 2 rings (SSSR count). The van der Waals surface area contributed by atoms with Crippen molar-refractivity contribution in [3.63, 3.8) is 0 Å². The number of hydrogen-bond acceptors (Lipinski definition) is 3. The van der Waals surface area contributed by atoms with Crippen LogP contribution in [0, 0.1) is 0 Å². The summed E-state index contributed by atoms with van der Waals surface area (Å²) in [6, 6.07) is 14.8. The van der Waals surface area contributed by atoms with Crippen molar-refractivity contribution >= 4 is 10.8 Å². The molecular weight excluding hydrogens is 262 g/mol. The highest BCUT2D eigenvalue weighted by atomic mass is 16.5. The maximum atomic E-state index is 9.99. The molecule has 0 bridgehead atoms. The van der Waals surface area contributed by atoms with Crippen molar-refractivity contribution in [1.82, 2.24) is 4.90 Å². The van der Waals surface area contributed by atoms with Gasteiger partial charge in [0.25, 0.3) is 0 Å². The van der Waals surface area contributed by atoms with E-state index in [0.717, 1.165) is 6.54 Å². The fourth-order valence-corrected chi connectivity index (χ4v) is 2.50. The number of aliphatic hydroxyl groups is 1. The maximum Gasteiger partial charge on any atom is 0.0900 e. The first-order chi connectivity index (χ1) is 10.1. The number of benzene rings is 2. The standard InChI is InChI=1S/C18H25NO2/c1-14(2)21-13-17(20)12-19(3)11-16-9-6-8-15-7-4-5-10-18(15)16/h4-10,14,17,20H,11-13H2,1-3H3. The molecule has 0 fully saturated rings. The average molecular weight is 287 g/mol. The Hall–Kier alpha value is -1.42. The molecule has 21 heavy (non-hydrogen) atoms. The summed E-state index contributed by atoms with van der Waals surface area (Å²) in [4.78, 5) is 2.14. The van der Waals surface area contributed by atoms with Gasteiger partial charge >= 0.3 is 0 Å². The quantitative estimate of drug-likeness (QED) is 0.849. The van der Waals surface area contributed by atoms with Gasteiger partial charge < -0.3 is 9.84 Å². The summed E-state index contributed by atoms with van der Waals surface area (Å²) < 4.78 is 5.45. The van der Waals surface area contributed by atoms with Crippen LogP contribution in [0.4, 0.5) is 0 Å². The summed E-state index contributed by atoms with van der Waals surface area (Å²) in [6.07, 6.45) is -0.296. The summed E-state index contributed by atoms with van der Waals surface area (Å²) in [5, 5.41) is 12.5. The molecule has 0 amide bonds. The summed E-state index contributed by atoms with van der Waals surface area (Å²) >= 11 is 0. The first kappa shape index (κ1) is 16.0. The molecule has 2 aromatic carbocycles. The molecule has 0 spiro atoms. The molecule has 0 heterocycles. The zero-order valence-corrected chi connectivity index (χ0v) is 13.1. The zero-order valence-electron chi connectivity index (χ0n) is 13.1. The normalized spacial score (nSPS) is 13.2. The second-order valence-corrected chi connectivity index (χ2v) is 5.87. The van der Waals surface area contributed by atoms with E-state index in [1.165, 1.54) is 16.3 Å². The van der Waals surface area contributed by atoms with Gasteiger partial charge in [0.15, 0.2) is 0 Å². The van der Waals surface area contributed by atoms with Gasteiger partial charge in [-0.25, -0.2) is 0 Å². The molecule has 3 nitrogen and oxygen atoms in total. The van der Waals surface area contributed by atoms with Crippen LogP contribution in [0.3, 0.4) is 0 Å². The number of nitrogens with zero attached hydrogens (tertiary/aromatic N) is 1. The lowest BCUT2D eigenvalue weighted by molar-refractivity contribution is -0.00631. The number of ether oxygens (including phenoxy) is 1. The second kappa shape index (κ2) is 7.55. The monoisotopic (exact) mass is 287 g/mol. The summed E-state index contributed by atoms with van der Waals surface area (Å²) in [7, 11) is 2.03. The Bertz CT molecular complexity index is 563. The van der Waals surface area contributed by atoms with Crippen molar-refractivity contribution in [1.29, 1.82) is 0 Å². The van der Waals surface area contributed by atoms with E-state index >= 15 is 0 Å². The average Bonchev–Trinajstić information content (AvgIpc) is 2.45. The summed E-state index contributed by atoms with van der Waals surface area (Å²) in [6.45, 7) is 5.77. The number of rotatable bonds is 7. The van der Waals surface area contributed by atoms with Crippen LogP contribution in [-0.4, -0.2) is 42.4 Å². The van der Waals surface area contributed by atoms with E-state index in [-0.39, 0.29) is 6.10 Å². The maximum absolute atomic E-state index is 9.99. The van der Waals surface area contributed by atoms with Crippen LogP contribution in [-0.2, 0) is 11.3 Å². The second-order valence-electron chi connectivity index (χ2n) is 5.87. The van der Waals surface area contributed by atoms with E-state index in [2.05, 4.69) is 47.4 Å². The minimum atomic E-state index is -0.452. The molecule has 0 saturated heterocycles. The molecule has 1 N–H and O–H groups in total. The van der Waals surface area contributed by atoms with E-state index in [9.17, 15) is 5.11 Å². The van der Waals surface area contributed by atoms with Gasteiger partial charge in [0.1, 0.15) is 0 Å². The fraction of sp³-hybridized carbons (Fsp3) is 0.444. The Morgan fingerprint density at radius 1 is 1.10 bits per heavy atom. The number of fused-ring (bicyclic) bond motifs is 1. The smallest absolute Gasteiger partial charge is 0.0900 e. The minimum absolute atomic E-state index is 0.156. The fourth-order valence-electron chi connectivity index (χ4n) is 2.50. The van der Waals surface area contributed by atoms with Gasteiger partial charge in [-0.1, -0.05) is 42.5 Å². The molecule has 0 saturated carbocycles. The lowest BCUT2D eigenvalue weighted by atomic mass is 10.0. The molecule has 1 atom stereocenters. The van der Waals surface area contributed by atoms with Crippen molar-refractivity contribution < 1.29 is 9.84 Å². The SMILES string of the molecule is CC(C)OCC(O)CN(C)Cc1cccc2ccccc12. The van der Waals surface area contributed by atoms with Crippen LogP contribution in [0.15, 0.2) is 42.5 Å². The highest BCUT2D eigenvalue weighted by Gasteiger charge is 2.11. The van der Waals surface area contributed by atoms with Crippen LogP contribution in [0.1, 0.15) is 19.4 Å².